The van der Waals surface area contributed by atoms with Crippen LogP contribution in [0.1, 0.15) is 63.7 Å². The Bertz CT molecular complexity index is 1340. The normalized spacial score (nSPS) is 37.4. The predicted octanol–water partition coefficient (Wildman–Crippen LogP) is 1.10. The minimum atomic E-state index is -5.97. The van der Waals surface area contributed by atoms with E-state index in [0.717, 1.165) is 5.32 Å². The number of halogens is 3. The Labute approximate surface area is 219 Å². The number of fused-ring (bicyclic) bond motifs is 1. The Morgan fingerprint density at radius 3 is 2.51 bits per heavy atom. The van der Waals surface area contributed by atoms with E-state index in [4.69, 9.17) is 16.4 Å². The zero-order valence-electron chi connectivity index (χ0n) is 30.7. The van der Waals surface area contributed by atoms with Gasteiger partial charge in [-0.15, -0.1) is 0 Å². The molecule has 3 rings (SSSR count). The van der Waals surface area contributed by atoms with Gasteiger partial charge in [-0.05, 0) is 35.5 Å². The van der Waals surface area contributed by atoms with Crippen molar-refractivity contribution in [1.82, 2.24) is 20.9 Å². The number of piperidine rings is 1. The summed E-state index contributed by atoms with van der Waals surface area (Å²) in [5.41, 5.74) is -5.47. The average molecular weight is 512 g/mol. The summed E-state index contributed by atoms with van der Waals surface area (Å²) in [7, 11) is 0. The summed E-state index contributed by atoms with van der Waals surface area (Å²) in [6, 6.07) is -6.27. The van der Waals surface area contributed by atoms with E-state index in [1.165, 1.54) is 0 Å². The molecule has 1 unspecified atom stereocenters. The van der Waals surface area contributed by atoms with Gasteiger partial charge >= 0.3 is 12.1 Å². The predicted molar refractivity (Wildman–Crippen MR) is 117 cm³/mol. The molecule has 1 aliphatic carbocycles. The van der Waals surface area contributed by atoms with Crippen LogP contribution < -0.4 is 16.0 Å². The molecule has 0 bridgehead atoms. The highest BCUT2D eigenvalue weighted by Crippen LogP contribution is 2.65. The topological polar surface area (TPSA) is 131 Å². The molecule has 0 spiro atoms. The van der Waals surface area contributed by atoms with Crippen molar-refractivity contribution in [3.63, 3.8) is 0 Å². The number of nitrogens with zero attached hydrogens (tertiary/aromatic N) is 2. The van der Waals surface area contributed by atoms with Gasteiger partial charge in [-0.3, -0.25) is 19.2 Å². The van der Waals surface area contributed by atoms with Gasteiger partial charge in [0.25, 0.3) is 0 Å². The molecule has 4 amide bonds. The fourth-order valence-corrected chi connectivity index (χ4v) is 4.76. The third-order valence-corrected chi connectivity index (χ3v) is 6.75. The summed E-state index contributed by atoms with van der Waals surface area (Å²) in [6.07, 6.45) is -6.76. The van der Waals surface area contributed by atoms with Crippen molar-refractivity contribution in [1.29, 1.82) is 5.26 Å². The van der Waals surface area contributed by atoms with Crippen molar-refractivity contribution >= 4 is 23.6 Å². The fraction of sp³-hybridized carbons (Fsp3) is 0.783. The van der Waals surface area contributed by atoms with E-state index in [2.05, 4.69) is 10.6 Å². The lowest BCUT2D eigenvalue weighted by molar-refractivity contribution is -0.176. The quantitative estimate of drug-likeness (QED) is 0.491. The van der Waals surface area contributed by atoms with Gasteiger partial charge in [0.1, 0.15) is 18.1 Å². The monoisotopic (exact) mass is 511 g/mol. The third kappa shape index (κ3) is 5.23. The van der Waals surface area contributed by atoms with Crippen LogP contribution in [-0.2, 0) is 19.2 Å². The van der Waals surface area contributed by atoms with E-state index < -0.39 is 117 Å². The van der Waals surface area contributed by atoms with Gasteiger partial charge in [0.15, 0.2) is 0 Å². The summed E-state index contributed by atoms with van der Waals surface area (Å²) in [5.74, 6) is -10.0. The van der Waals surface area contributed by atoms with Crippen molar-refractivity contribution in [3.8, 4) is 6.07 Å². The van der Waals surface area contributed by atoms with Gasteiger partial charge in [-0.1, -0.05) is 34.4 Å². The number of hydrogen-bond donors (Lipinski definition) is 3. The molecule has 0 aromatic heterocycles. The number of amides is 4. The first kappa shape index (κ1) is 14.7. The second kappa shape index (κ2) is 8.99. The maximum absolute atomic E-state index is 14.2. The van der Waals surface area contributed by atoms with Crippen molar-refractivity contribution in [3.05, 3.63) is 0 Å². The van der Waals surface area contributed by atoms with Crippen molar-refractivity contribution in [2.45, 2.75) is 71.5 Å². The molecule has 0 aromatic rings. The lowest BCUT2D eigenvalue weighted by Gasteiger charge is -2.37. The Morgan fingerprint density at radius 2 is 2.00 bits per heavy atom. The molecule has 1 saturated carbocycles. The molecule has 12 heteroatoms. The van der Waals surface area contributed by atoms with Crippen LogP contribution >= 0.6 is 0 Å². The van der Waals surface area contributed by atoms with E-state index >= 15 is 0 Å². The summed E-state index contributed by atoms with van der Waals surface area (Å²) in [4.78, 5) is 52.6. The van der Waals surface area contributed by atoms with E-state index in [9.17, 15) is 37.6 Å². The molecule has 2 heterocycles. The minimum absolute atomic E-state index is 0.340. The molecular weight excluding hydrogens is 467 g/mol. The zero-order chi connectivity index (χ0) is 36.7. The first-order valence-corrected chi connectivity index (χ1v) is 10.5. The summed E-state index contributed by atoms with van der Waals surface area (Å²) < 4.78 is 136. The fourth-order valence-electron chi connectivity index (χ4n) is 4.76. The maximum Gasteiger partial charge on any atom is 0.471 e. The second-order valence-corrected chi connectivity index (χ2v) is 9.43. The van der Waals surface area contributed by atoms with Crippen LogP contribution in [0.25, 0.3) is 0 Å². The van der Waals surface area contributed by atoms with E-state index in [1.54, 1.807) is 19.9 Å². The highest BCUT2D eigenvalue weighted by molar-refractivity contribution is 5.95. The lowest BCUT2D eigenvalue weighted by Crippen LogP contribution is -2.61. The highest BCUT2D eigenvalue weighted by Gasteiger charge is 2.70. The van der Waals surface area contributed by atoms with Gasteiger partial charge < -0.3 is 20.9 Å². The number of nitrogens with one attached hydrogen (secondary N) is 3. The average Bonchev–Trinajstić information content (AvgIpc) is 3.12. The molecular formula is C23H32F3N5O4. The Hall–Kier alpha value is -2.84. The molecule has 3 fully saturated rings. The first-order chi connectivity index (χ1) is 20.8. The van der Waals surface area contributed by atoms with E-state index in [-0.39, 0.29) is 6.42 Å². The number of nitriles is 1. The molecule has 3 aliphatic rings. The summed E-state index contributed by atoms with van der Waals surface area (Å²) >= 11 is 0. The lowest BCUT2D eigenvalue weighted by atomic mass is 9.85. The minimum Gasteiger partial charge on any atom is -0.356 e. The summed E-state index contributed by atoms with van der Waals surface area (Å²) in [5, 5.41) is 14.8. The Kier molecular flexibility index (Phi) is 3.76. The molecule has 0 radical (unpaired) electrons. The highest BCUT2D eigenvalue weighted by atomic mass is 19.4. The number of carbonyl (C=O) groups excluding carboxylic acids is 4. The summed E-state index contributed by atoms with van der Waals surface area (Å²) in [6.45, 7) is -12.8. The first-order valence-electron chi connectivity index (χ1n) is 16.5. The number of carbonyl (C=O) groups is 4. The Balaban J connectivity index is 2.15. The smallest absolute Gasteiger partial charge is 0.356 e. The van der Waals surface area contributed by atoms with Gasteiger partial charge in [0, 0.05) is 34.0 Å². The van der Waals surface area contributed by atoms with Gasteiger partial charge in [0.2, 0.25) is 17.7 Å². The van der Waals surface area contributed by atoms with Gasteiger partial charge in [-0.25, -0.2) is 0 Å². The van der Waals surface area contributed by atoms with Crippen LogP contribution in [0.15, 0.2) is 0 Å². The zero-order valence-corrected chi connectivity index (χ0v) is 18.7. The molecule has 6 atom stereocenters. The molecule has 0 aromatic carbocycles. The SMILES string of the molecule is [2H]C1([2H])C[C@@H](C[C@@H](C#N)NC(=O)[C@@H]2[C@@H]3[C@H](CN2C(=O)C([2H])(NC(=O)C(F)(F)F)C(C([2H])([2H])[2H])(C([2H])([2H])[2H])C([2H])([2H])[2H])C3(C)C)C(=O)N1. The van der Waals surface area contributed by atoms with Crippen molar-refractivity contribution in [2.75, 3.05) is 13.0 Å². The largest absolute Gasteiger partial charge is 0.471 e. The maximum atomic E-state index is 14.2. The number of rotatable bonds is 6. The van der Waals surface area contributed by atoms with Crippen LogP contribution in [0.3, 0.4) is 0 Å². The molecule has 2 aliphatic heterocycles. The standard InChI is InChI=1S/C23H32F3N5O4/c1-21(2,3)16(30-20(35)23(24,25)26)19(34)31-10-13-14(22(13,4)5)15(31)18(33)29-12(9-27)8-11-6-7-28-17(11)32/h11-16H,6-8,10H2,1-5H3,(H,28,32)(H,29,33)(H,30,35)/t11-,12-,13-,14-,15-,16?/m0/s1/i1D3,2D3,3D3,7D2,16D. The molecule has 2 saturated heterocycles. The van der Waals surface area contributed by atoms with Crippen LogP contribution in [0, 0.1) is 39.9 Å². The third-order valence-electron chi connectivity index (χ3n) is 6.75. The molecule has 9 nitrogen and oxygen atoms in total. The molecule has 3 N–H and O–H groups in total. The number of likely N-dealkylation sites (tertiary alicyclic amines) is 1. The van der Waals surface area contributed by atoms with Crippen LogP contribution in [0.5, 0.6) is 0 Å². The van der Waals surface area contributed by atoms with Crippen molar-refractivity contribution in [2.24, 2.45) is 28.6 Å². The van der Waals surface area contributed by atoms with E-state index in [1.807, 2.05) is 0 Å². The second-order valence-electron chi connectivity index (χ2n) is 9.43. The number of alkyl halides is 3. The van der Waals surface area contributed by atoms with Crippen molar-refractivity contribution < 1.29 is 48.8 Å². The molecule has 194 valence electrons. The van der Waals surface area contributed by atoms with Crippen LogP contribution in [-0.4, -0.2) is 65.8 Å². The van der Waals surface area contributed by atoms with Gasteiger partial charge in [-0.2, -0.15) is 18.4 Å². The van der Waals surface area contributed by atoms with Crippen LogP contribution in [0.4, 0.5) is 13.2 Å². The van der Waals surface area contributed by atoms with Gasteiger partial charge in [0.05, 0.1) is 7.44 Å². The Morgan fingerprint density at radius 1 is 1.34 bits per heavy atom. The van der Waals surface area contributed by atoms with Crippen LogP contribution in [0.2, 0.25) is 0 Å². The van der Waals surface area contributed by atoms with E-state index in [0.29, 0.717) is 4.90 Å². The number of hydrogen-bond acceptors (Lipinski definition) is 5. The molecule has 35 heavy (non-hydrogen) atoms.